The number of thiazole rings is 1. The van der Waals surface area contributed by atoms with Gasteiger partial charge in [-0.15, -0.1) is 0 Å². The maximum atomic E-state index is 5.79. The van der Waals surface area contributed by atoms with E-state index < -0.39 is 0 Å². The Labute approximate surface area is 121 Å². The van der Waals surface area contributed by atoms with Crippen LogP contribution in [-0.4, -0.2) is 17.7 Å². The number of fused-ring (bicyclic) bond motifs is 1. The third-order valence-corrected chi connectivity index (χ3v) is 3.70. The lowest BCUT2D eigenvalue weighted by molar-refractivity contribution is 0.480. The number of rotatable bonds is 4. The van der Waals surface area contributed by atoms with Gasteiger partial charge in [-0.25, -0.2) is 4.98 Å². The summed E-state index contributed by atoms with van der Waals surface area (Å²) in [4.78, 5) is 8.66. The first-order valence-corrected chi connectivity index (χ1v) is 7.30. The molecule has 0 saturated heterocycles. The quantitative estimate of drug-likeness (QED) is 0.659. The van der Waals surface area contributed by atoms with Crippen LogP contribution in [0.1, 0.15) is 12.5 Å². The largest absolute Gasteiger partial charge is 0.431 e. The summed E-state index contributed by atoms with van der Waals surface area (Å²) < 4.78 is 6.92. The summed E-state index contributed by atoms with van der Waals surface area (Å²) in [5.41, 5.74) is 2.04. The van der Waals surface area contributed by atoms with E-state index >= 15 is 0 Å². The first kappa shape index (κ1) is 12.8. The number of aliphatic imine (C=N–C) groups is 1. The van der Waals surface area contributed by atoms with Gasteiger partial charge in [0.15, 0.2) is 0 Å². The fourth-order valence-corrected chi connectivity index (χ4v) is 2.65. The van der Waals surface area contributed by atoms with E-state index in [0.717, 1.165) is 28.1 Å². The van der Waals surface area contributed by atoms with Crippen molar-refractivity contribution in [3.05, 3.63) is 54.1 Å². The molecule has 1 aromatic heterocycles. The molecular weight excluding hydrogens is 268 g/mol. The zero-order valence-electron chi connectivity index (χ0n) is 11.1. The average Bonchev–Trinajstić information content (AvgIpc) is 2.89. The Kier molecular flexibility index (Phi) is 3.74. The van der Waals surface area contributed by atoms with Gasteiger partial charge in [0.25, 0.3) is 5.19 Å². The van der Waals surface area contributed by atoms with E-state index in [1.54, 1.807) is 11.3 Å². The summed E-state index contributed by atoms with van der Waals surface area (Å²) >= 11 is 1.55. The van der Waals surface area contributed by atoms with Crippen LogP contribution in [0.5, 0.6) is 10.9 Å². The van der Waals surface area contributed by atoms with E-state index in [1.165, 1.54) is 0 Å². The Hall–Kier alpha value is -2.20. The van der Waals surface area contributed by atoms with Crippen LogP contribution in [-0.2, 0) is 0 Å². The van der Waals surface area contributed by atoms with Crippen molar-refractivity contribution in [3.63, 3.8) is 0 Å². The van der Waals surface area contributed by atoms with Crippen molar-refractivity contribution >= 4 is 27.8 Å². The lowest BCUT2D eigenvalue weighted by Gasteiger charge is -2.01. The molecule has 0 bridgehead atoms. The van der Waals surface area contributed by atoms with Crippen LogP contribution in [0.2, 0.25) is 0 Å². The van der Waals surface area contributed by atoms with Crippen LogP contribution in [0.15, 0.2) is 53.5 Å². The van der Waals surface area contributed by atoms with E-state index in [0.29, 0.717) is 5.19 Å². The predicted octanol–water partition coefficient (Wildman–Crippen LogP) is 4.53. The Morgan fingerprint density at radius 3 is 2.70 bits per heavy atom. The third-order valence-electron chi connectivity index (χ3n) is 2.78. The predicted molar refractivity (Wildman–Crippen MR) is 84.3 cm³/mol. The zero-order chi connectivity index (χ0) is 13.8. The molecule has 0 aliphatic rings. The topological polar surface area (TPSA) is 34.5 Å². The molecule has 0 aliphatic heterocycles. The minimum atomic E-state index is 0.668. The molecule has 1 heterocycles. The maximum absolute atomic E-state index is 5.79. The summed E-state index contributed by atoms with van der Waals surface area (Å²) in [7, 11) is 0. The van der Waals surface area contributed by atoms with Gasteiger partial charge in [0.05, 0.1) is 10.2 Å². The van der Waals surface area contributed by atoms with Gasteiger partial charge in [-0.2, -0.15) is 0 Å². The highest BCUT2D eigenvalue weighted by Crippen LogP contribution is 2.30. The number of ether oxygens (including phenoxy) is 1. The van der Waals surface area contributed by atoms with Crippen LogP contribution in [0.3, 0.4) is 0 Å². The summed E-state index contributed by atoms with van der Waals surface area (Å²) in [6, 6.07) is 15.9. The molecule has 0 aliphatic carbocycles. The molecule has 0 saturated carbocycles. The molecule has 0 radical (unpaired) electrons. The fraction of sp³-hybridized carbons (Fsp3) is 0.125. The summed E-state index contributed by atoms with van der Waals surface area (Å²) in [5, 5.41) is 0.668. The molecule has 2 aromatic carbocycles. The van der Waals surface area contributed by atoms with E-state index in [1.807, 2.05) is 61.7 Å². The summed E-state index contributed by atoms with van der Waals surface area (Å²) in [5.74, 6) is 0.790. The standard InChI is InChI=1S/C16H14N2OS/c1-2-17-11-12-7-9-13(10-8-12)19-16-18-14-5-3-4-6-15(14)20-16/h3-11H,2H2,1H3. The van der Waals surface area contributed by atoms with E-state index in [2.05, 4.69) is 9.98 Å². The molecule has 100 valence electrons. The normalized spacial score (nSPS) is 11.2. The molecule has 0 unspecified atom stereocenters. The summed E-state index contributed by atoms with van der Waals surface area (Å²) in [6.07, 6.45) is 1.86. The molecule has 0 atom stereocenters. The Bertz CT molecular complexity index is 699. The second kappa shape index (κ2) is 5.84. The van der Waals surface area contributed by atoms with Crippen molar-refractivity contribution in [1.82, 2.24) is 4.98 Å². The highest BCUT2D eigenvalue weighted by atomic mass is 32.1. The number of nitrogens with zero attached hydrogens (tertiary/aromatic N) is 2. The molecular formula is C16H14N2OS. The molecule has 20 heavy (non-hydrogen) atoms. The molecule has 0 N–H and O–H groups in total. The van der Waals surface area contributed by atoms with Crippen molar-refractivity contribution in [3.8, 4) is 10.9 Å². The zero-order valence-corrected chi connectivity index (χ0v) is 11.9. The molecule has 3 rings (SSSR count). The van der Waals surface area contributed by atoms with Crippen LogP contribution >= 0.6 is 11.3 Å². The number of benzene rings is 2. The lowest BCUT2D eigenvalue weighted by atomic mass is 10.2. The SMILES string of the molecule is CCN=Cc1ccc(Oc2nc3ccccc3s2)cc1. The van der Waals surface area contributed by atoms with Gasteiger partial charge >= 0.3 is 0 Å². The van der Waals surface area contributed by atoms with Crippen molar-refractivity contribution in [1.29, 1.82) is 0 Å². The van der Waals surface area contributed by atoms with Crippen molar-refractivity contribution in [2.75, 3.05) is 6.54 Å². The first-order chi connectivity index (χ1) is 9.85. The van der Waals surface area contributed by atoms with Gasteiger partial charge in [-0.1, -0.05) is 23.5 Å². The maximum Gasteiger partial charge on any atom is 0.279 e. The molecule has 0 fully saturated rings. The van der Waals surface area contributed by atoms with Crippen LogP contribution in [0.25, 0.3) is 10.2 Å². The third kappa shape index (κ3) is 2.86. The van der Waals surface area contributed by atoms with E-state index in [9.17, 15) is 0 Å². The molecule has 3 nitrogen and oxygen atoms in total. The minimum Gasteiger partial charge on any atom is -0.431 e. The van der Waals surface area contributed by atoms with Crippen molar-refractivity contribution in [2.24, 2.45) is 4.99 Å². The van der Waals surface area contributed by atoms with Gasteiger partial charge in [-0.3, -0.25) is 4.99 Å². The van der Waals surface area contributed by atoms with Gasteiger partial charge in [0, 0.05) is 12.8 Å². The first-order valence-electron chi connectivity index (χ1n) is 6.48. The van der Waals surface area contributed by atoms with E-state index in [-0.39, 0.29) is 0 Å². The van der Waals surface area contributed by atoms with Gasteiger partial charge in [-0.05, 0) is 48.9 Å². The van der Waals surface area contributed by atoms with Crippen molar-refractivity contribution < 1.29 is 4.74 Å². The summed E-state index contributed by atoms with van der Waals surface area (Å²) in [6.45, 7) is 2.81. The van der Waals surface area contributed by atoms with Crippen LogP contribution in [0, 0.1) is 0 Å². The Morgan fingerprint density at radius 1 is 1.15 bits per heavy atom. The molecule has 3 aromatic rings. The molecule has 4 heteroatoms. The van der Waals surface area contributed by atoms with Gasteiger partial charge in [0.2, 0.25) is 0 Å². The van der Waals surface area contributed by atoms with Gasteiger partial charge in [0.1, 0.15) is 5.75 Å². The second-order valence-electron chi connectivity index (χ2n) is 4.25. The Morgan fingerprint density at radius 2 is 1.95 bits per heavy atom. The van der Waals surface area contributed by atoms with Crippen molar-refractivity contribution in [2.45, 2.75) is 6.92 Å². The number of para-hydroxylation sites is 1. The monoisotopic (exact) mass is 282 g/mol. The number of hydrogen-bond acceptors (Lipinski definition) is 4. The fourth-order valence-electron chi connectivity index (χ4n) is 1.81. The Balaban J connectivity index is 1.78. The highest BCUT2D eigenvalue weighted by Gasteiger charge is 2.05. The van der Waals surface area contributed by atoms with E-state index in [4.69, 9.17) is 4.74 Å². The number of aromatic nitrogens is 1. The minimum absolute atomic E-state index is 0.668. The highest BCUT2D eigenvalue weighted by molar-refractivity contribution is 7.20. The van der Waals surface area contributed by atoms with Crippen LogP contribution < -0.4 is 4.74 Å². The lowest BCUT2D eigenvalue weighted by Crippen LogP contribution is -1.85. The smallest absolute Gasteiger partial charge is 0.279 e. The van der Waals surface area contributed by atoms with Gasteiger partial charge < -0.3 is 4.74 Å². The van der Waals surface area contributed by atoms with Crippen LogP contribution in [0.4, 0.5) is 0 Å². The average molecular weight is 282 g/mol. The number of hydrogen-bond donors (Lipinski definition) is 0. The molecule has 0 amide bonds. The molecule has 0 spiro atoms. The second-order valence-corrected chi connectivity index (χ2v) is 5.24.